The topological polar surface area (TPSA) is 81.4 Å². The second kappa shape index (κ2) is 6.84. The van der Waals surface area contributed by atoms with Gasteiger partial charge in [0.1, 0.15) is 4.90 Å². The molecule has 1 atom stereocenters. The minimum Gasteiger partial charge on any atom is -0.399 e. The van der Waals surface area contributed by atoms with Gasteiger partial charge >= 0.3 is 0 Å². The van der Waals surface area contributed by atoms with Gasteiger partial charge < -0.3 is 10.5 Å². The molecular formula is C12H18BrFN2O3S. The number of hydrogen-bond donors (Lipinski definition) is 2. The van der Waals surface area contributed by atoms with Crippen LogP contribution in [0.1, 0.15) is 13.8 Å². The van der Waals surface area contributed by atoms with Crippen molar-refractivity contribution in [3.8, 4) is 0 Å². The molecule has 3 N–H and O–H groups in total. The maximum Gasteiger partial charge on any atom is 0.243 e. The third-order valence-electron chi connectivity index (χ3n) is 2.76. The maximum absolute atomic E-state index is 14.0. The molecule has 114 valence electrons. The van der Waals surface area contributed by atoms with E-state index < -0.39 is 26.8 Å². The van der Waals surface area contributed by atoms with Crippen LogP contribution in [0.2, 0.25) is 0 Å². The predicted octanol–water partition coefficient (Wildman–Crippen LogP) is 2.12. The number of halogens is 2. The van der Waals surface area contributed by atoms with Gasteiger partial charge in [-0.1, -0.05) is 13.8 Å². The SMILES string of the molecule is COCC(NS(=O)(=O)c1cc(N)cc(Br)c1F)C(C)C. The van der Waals surface area contributed by atoms with E-state index in [2.05, 4.69) is 20.7 Å². The fourth-order valence-corrected chi connectivity index (χ4v) is 3.70. The Kier molecular flexibility index (Phi) is 5.93. The molecule has 0 spiro atoms. The molecule has 0 radical (unpaired) electrons. The highest BCUT2D eigenvalue weighted by Gasteiger charge is 2.26. The molecule has 1 unspecified atom stereocenters. The first kappa shape index (κ1) is 17.4. The van der Waals surface area contributed by atoms with Crippen LogP contribution in [0.4, 0.5) is 10.1 Å². The molecule has 0 saturated carbocycles. The van der Waals surface area contributed by atoms with Gasteiger partial charge in [-0.3, -0.25) is 0 Å². The van der Waals surface area contributed by atoms with E-state index in [4.69, 9.17) is 10.5 Å². The van der Waals surface area contributed by atoms with Crippen molar-refractivity contribution in [2.24, 2.45) is 5.92 Å². The Morgan fingerprint density at radius 2 is 2.05 bits per heavy atom. The smallest absolute Gasteiger partial charge is 0.243 e. The molecule has 0 saturated heterocycles. The van der Waals surface area contributed by atoms with Crippen LogP contribution in [-0.2, 0) is 14.8 Å². The van der Waals surface area contributed by atoms with Crippen LogP contribution in [0.15, 0.2) is 21.5 Å². The number of nitrogen functional groups attached to an aromatic ring is 1. The molecule has 0 heterocycles. The molecule has 0 fully saturated rings. The van der Waals surface area contributed by atoms with Crippen molar-refractivity contribution >= 4 is 31.6 Å². The number of benzene rings is 1. The van der Waals surface area contributed by atoms with Gasteiger partial charge in [0.25, 0.3) is 0 Å². The van der Waals surface area contributed by atoms with E-state index in [9.17, 15) is 12.8 Å². The number of sulfonamides is 1. The zero-order valence-corrected chi connectivity index (χ0v) is 13.9. The number of rotatable bonds is 6. The molecule has 1 aromatic rings. The van der Waals surface area contributed by atoms with Crippen molar-refractivity contribution in [2.45, 2.75) is 24.8 Å². The number of nitrogens with one attached hydrogen (secondary N) is 1. The van der Waals surface area contributed by atoms with E-state index in [1.54, 1.807) is 0 Å². The molecule has 1 rings (SSSR count). The van der Waals surface area contributed by atoms with E-state index in [0.717, 1.165) is 6.07 Å². The second-order valence-corrected chi connectivity index (χ2v) is 7.28. The largest absolute Gasteiger partial charge is 0.399 e. The fraction of sp³-hybridized carbons (Fsp3) is 0.500. The molecule has 5 nitrogen and oxygen atoms in total. The van der Waals surface area contributed by atoms with Crippen LogP contribution >= 0.6 is 15.9 Å². The highest BCUT2D eigenvalue weighted by molar-refractivity contribution is 9.10. The van der Waals surface area contributed by atoms with Crippen molar-refractivity contribution in [3.05, 3.63) is 22.4 Å². The molecule has 0 aliphatic heterocycles. The lowest BCUT2D eigenvalue weighted by molar-refractivity contribution is 0.157. The predicted molar refractivity (Wildman–Crippen MR) is 79.3 cm³/mol. The van der Waals surface area contributed by atoms with Crippen molar-refractivity contribution in [1.82, 2.24) is 4.72 Å². The minimum absolute atomic E-state index is 0.00251. The van der Waals surface area contributed by atoms with Gasteiger partial charge in [-0.25, -0.2) is 17.5 Å². The Labute approximate surface area is 126 Å². The highest BCUT2D eigenvalue weighted by Crippen LogP contribution is 2.26. The van der Waals surface area contributed by atoms with E-state index in [1.165, 1.54) is 13.2 Å². The Hall–Kier alpha value is -0.700. The fourth-order valence-electron chi connectivity index (χ4n) is 1.58. The Balaban J connectivity index is 3.17. The standard InChI is InChI=1S/C12H18BrFN2O3S/c1-7(2)10(6-19-3)16-20(17,18)11-5-8(15)4-9(13)12(11)14/h4-5,7,10,16H,6,15H2,1-3H3. The van der Waals surface area contributed by atoms with Crippen LogP contribution < -0.4 is 10.5 Å². The molecule has 0 amide bonds. The molecular weight excluding hydrogens is 351 g/mol. The summed E-state index contributed by atoms with van der Waals surface area (Å²) in [5.41, 5.74) is 5.72. The molecule has 0 aliphatic rings. The second-order valence-electron chi connectivity index (χ2n) is 4.74. The Morgan fingerprint density at radius 1 is 1.45 bits per heavy atom. The summed E-state index contributed by atoms with van der Waals surface area (Å²) in [4.78, 5) is -0.480. The summed E-state index contributed by atoms with van der Waals surface area (Å²) in [7, 11) is -2.54. The van der Waals surface area contributed by atoms with E-state index in [-0.39, 0.29) is 22.7 Å². The number of hydrogen-bond acceptors (Lipinski definition) is 4. The minimum atomic E-state index is -4.02. The lowest BCUT2D eigenvalue weighted by atomic mass is 10.1. The van der Waals surface area contributed by atoms with Gasteiger partial charge in [0.15, 0.2) is 5.82 Å². The van der Waals surface area contributed by atoms with Crippen LogP contribution in [-0.4, -0.2) is 28.2 Å². The first-order valence-electron chi connectivity index (χ1n) is 5.94. The summed E-state index contributed by atoms with van der Waals surface area (Å²) in [5, 5.41) is 0. The lowest BCUT2D eigenvalue weighted by Crippen LogP contribution is -2.41. The molecule has 0 bridgehead atoms. The molecule has 0 aliphatic carbocycles. The van der Waals surface area contributed by atoms with Gasteiger partial charge in [0, 0.05) is 18.8 Å². The van der Waals surface area contributed by atoms with Gasteiger partial charge in [-0.05, 0) is 34.0 Å². The van der Waals surface area contributed by atoms with Crippen molar-refractivity contribution in [1.29, 1.82) is 0 Å². The van der Waals surface area contributed by atoms with Crippen LogP contribution in [0, 0.1) is 11.7 Å². The summed E-state index contributed by atoms with van der Waals surface area (Å²) >= 11 is 2.94. The first-order chi connectivity index (χ1) is 9.19. The first-order valence-corrected chi connectivity index (χ1v) is 8.22. The summed E-state index contributed by atoms with van der Waals surface area (Å²) in [5.74, 6) is -0.871. The van der Waals surface area contributed by atoms with E-state index in [0.29, 0.717) is 0 Å². The van der Waals surface area contributed by atoms with Crippen LogP contribution in [0.25, 0.3) is 0 Å². The van der Waals surface area contributed by atoms with Gasteiger partial charge in [-0.15, -0.1) is 0 Å². The zero-order valence-electron chi connectivity index (χ0n) is 11.5. The Morgan fingerprint density at radius 3 is 2.55 bits per heavy atom. The zero-order chi connectivity index (χ0) is 15.5. The van der Waals surface area contributed by atoms with Crippen molar-refractivity contribution in [2.75, 3.05) is 19.5 Å². The number of nitrogens with two attached hydrogens (primary N) is 1. The number of anilines is 1. The maximum atomic E-state index is 14.0. The quantitative estimate of drug-likeness (QED) is 0.753. The number of methoxy groups -OCH3 is 1. The summed E-state index contributed by atoms with van der Waals surface area (Å²) < 4.78 is 45.9. The highest BCUT2D eigenvalue weighted by atomic mass is 79.9. The van der Waals surface area contributed by atoms with Gasteiger partial charge in [0.05, 0.1) is 11.1 Å². The third-order valence-corrected chi connectivity index (χ3v) is 4.83. The molecule has 0 aromatic heterocycles. The molecule has 1 aromatic carbocycles. The average Bonchev–Trinajstić information content (AvgIpc) is 2.32. The molecule has 8 heteroatoms. The summed E-state index contributed by atoms with van der Waals surface area (Å²) in [6.45, 7) is 3.89. The van der Waals surface area contributed by atoms with Gasteiger partial charge in [0.2, 0.25) is 10.0 Å². The van der Waals surface area contributed by atoms with Crippen molar-refractivity contribution in [3.63, 3.8) is 0 Å². The van der Waals surface area contributed by atoms with Gasteiger partial charge in [-0.2, -0.15) is 0 Å². The molecule has 20 heavy (non-hydrogen) atoms. The van der Waals surface area contributed by atoms with E-state index in [1.807, 2.05) is 13.8 Å². The summed E-state index contributed by atoms with van der Waals surface area (Å²) in [6, 6.07) is 1.94. The number of ether oxygens (including phenoxy) is 1. The van der Waals surface area contributed by atoms with Crippen molar-refractivity contribution < 1.29 is 17.5 Å². The third kappa shape index (κ3) is 4.15. The normalized spacial score (nSPS) is 13.7. The summed E-state index contributed by atoms with van der Waals surface area (Å²) in [6.07, 6.45) is 0. The Bertz CT molecular complexity index is 578. The average molecular weight is 369 g/mol. The van der Waals surface area contributed by atoms with E-state index >= 15 is 0 Å². The van der Waals surface area contributed by atoms with Crippen LogP contribution in [0.3, 0.4) is 0 Å². The van der Waals surface area contributed by atoms with Crippen LogP contribution in [0.5, 0.6) is 0 Å². The lowest BCUT2D eigenvalue weighted by Gasteiger charge is -2.21. The monoisotopic (exact) mass is 368 g/mol.